The van der Waals surface area contributed by atoms with Gasteiger partial charge in [-0.05, 0) is 170 Å². The van der Waals surface area contributed by atoms with Crippen molar-refractivity contribution in [2.75, 3.05) is 9.80 Å². The monoisotopic (exact) mass is 1020 g/mol. The zero-order chi connectivity index (χ0) is 53.0. The van der Waals surface area contributed by atoms with Gasteiger partial charge in [0.1, 0.15) is 0 Å². The van der Waals surface area contributed by atoms with Crippen LogP contribution in [0.5, 0.6) is 0 Å². The van der Waals surface area contributed by atoms with Crippen LogP contribution >= 0.6 is 0 Å². The third kappa shape index (κ3) is 6.45. The van der Waals surface area contributed by atoms with E-state index in [0.29, 0.717) is 0 Å². The maximum atomic E-state index is 2.63. The highest BCUT2D eigenvalue weighted by Gasteiger charge is 2.45. The molecule has 0 amide bonds. The highest BCUT2D eigenvalue weighted by atomic mass is 15.2. The summed E-state index contributed by atoms with van der Waals surface area (Å²) in [7, 11) is 0. The molecule has 0 atom stereocenters. The number of para-hydroxylation sites is 2. The Morgan fingerprint density at radius 1 is 0.275 bits per heavy atom. The van der Waals surface area contributed by atoms with Crippen LogP contribution in [0, 0.1) is 0 Å². The summed E-state index contributed by atoms with van der Waals surface area (Å²) in [4.78, 5) is 5.23. The third-order valence-electron chi connectivity index (χ3n) is 17.8. The van der Waals surface area contributed by atoms with E-state index in [1.807, 2.05) is 0 Å². The highest BCUT2D eigenvalue weighted by Crippen LogP contribution is 2.50. The molecule has 2 aliphatic heterocycles. The number of rotatable bonds is 4. The summed E-state index contributed by atoms with van der Waals surface area (Å²) in [6.07, 6.45) is 0. The van der Waals surface area contributed by atoms with Gasteiger partial charge in [0.05, 0.1) is 11.0 Å². The van der Waals surface area contributed by atoms with E-state index in [1.165, 1.54) is 142 Å². The molecule has 3 nitrogen and oxygen atoms in total. The molecule has 3 heterocycles. The molecular weight excluding hydrogens is 966 g/mol. The van der Waals surface area contributed by atoms with E-state index in [2.05, 4.69) is 296 Å². The molecule has 0 N–H and O–H groups in total. The van der Waals surface area contributed by atoms with Crippen LogP contribution in [0.2, 0.25) is 0 Å². The maximum absolute atomic E-state index is 2.63. The minimum atomic E-state index is -0.197. The lowest BCUT2D eigenvalue weighted by atomic mass is 9.33. The van der Waals surface area contributed by atoms with E-state index < -0.39 is 0 Å². The van der Waals surface area contributed by atoms with Crippen LogP contribution in [0.1, 0.15) is 26.3 Å². The van der Waals surface area contributed by atoms with Gasteiger partial charge in [-0.15, -0.1) is 0 Å². The molecule has 0 fully saturated rings. The van der Waals surface area contributed by atoms with Crippen LogP contribution in [-0.2, 0) is 5.41 Å². The van der Waals surface area contributed by atoms with Gasteiger partial charge in [-0.2, -0.15) is 0 Å². The van der Waals surface area contributed by atoms with Gasteiger partial charge in [0.25, 0.3) is 6.71 Å². The Bertz CT molecular complexity index is 5020. The normalized spacial score (nSPS) is 13.1. The number of fused-ring (bicyclic) bond motifs is 19. The summed E-state index contributed by atoms with van der Waals surface area (Å²) < 4.78 is 2.48. The fourth-order valence-corrected chi connectivity index (χ4v) is 14.2. The Labute approximate surface area is 464 Å². The number of benzene rings is 14. The molecule has 80 heavy (non-hydrogen) atoms. The molecule has 0 unspecified atom stereocenters. The average Bonchev–Trinajstić information content (AvgIpc) is 4.00. The van der Waals surface area contributed by atoms with Gasteiger partial charge in [-0.25, -0.2) is 0 Å². The first kappa shape index (κ1) is 45.2. The second kappa shape index (κ2) is 16.8. The molecule has 374 valence electrons. The molecule has 0 bridgehead atoms. The molecule has 0 saturated carbocycles. The lowest BCUT2D eigenvalue weighted by Gasteiger charge is -2.45. The average molecular weight is 1020 g/mol. The second-order valence-electron chi connectivity index (χ2n) is 23.2. The van der Waals surface area contributed by atoms with Crippen molar-refractivity contribution in [3.8, 4) is 16.8 Å². The third-order valence-corrected chi connectivity index (χ3v) is 17.8. The minimum absolute atomic E-state index is 0.0992. The van der Waals surface area contributed by atoms with Crippen LogP contribution in [-0.4, -0.2) is 11.3 Å². The predicted molar refractivity (Wildman–Crippen MR) is 344 cm³/mol. The quantitative estimate of drug-likeness (QED) is 0.129. The van der Waals surface area contributed by atoms with Crippen molar-refractivity contribution in [3.05, 3.63) is 266 Å². The maximum Gasteiger partial charge on any atom is 0.252 e. The topological polar surface area (TPSA) is 11.4 Å². The van der Waals surface area contributed by atoms with Crippen molar-refractivity contribution in [3.63, 3.8) is 0 Å². The van der Waals surface area contributed by atoms with Crippen molar-refractivity contribution in [2.24, 2.45) is 0 Å². The van der Waals surface area contributed by atoms with E-state index in [-0.39, 0.29) is 12.1 Å². The number of aromatic nitrogens is 1. The molecule has 1 aromatic heterocycles. The van der Waals surface area contributed by atoms with Crippen LogP contribution in [0.15, 0.2) is 261 Å². The molecule has 0 spiro atoms. The molecule has 0 saturated heterocycles. The van der Waals surface area contributed by atoms with Crippen molar-refractivity contribution in [1.82, 2.24) is 4.57 Å². The van der Waals surface area contributed by atoms with Crippen molar-refractivity contribution in [2.45, 2.75) is 26.2 Å². The zero-order valence-corrected chi connectivity index (χ0v) is 44.7. The molecule has 4 heteroatoms. The Kier molecular flexibility index (Phi) is 9.49. The van der Waals surface area contributed by atoms with Crippen LogP contribution < -0.4 is 26.2 Å². The Morgan fingerprint density at radius 2 is 0.688 bits per heavy atom. The molecule has 0 radical (unpaired) electrons. The standard InChI is InChI=1S/C76H52BN3/c1-76(2,3)49-42-73-75-74(43-49)80(51-35-38-62-58-26-10-8-22-54(58)56-24-12-14-28-60(56)66(62)45-51)72-46-52(78-69-31-17-15-29-63(69)64-30-16-18-32-70(64)78)36-39-67(72)77(75)68-41-48(47-19-5-4-6-20-47)33-40-71(68)79(73)50-34-37-61-57-25-9-7-21-53(57)55-23-11-13-27-59(55)65(61)44-50/h4-46H,1-3H3. The van der Waals surface area contributed by atoms with Crippen molar-refractivity contribution >= 4 is 144 Å². The van der Waals surface area contributed by atoms with Crippen molar-refractivity contribution < 1.29 is 0 Å². The summed E-state index contributed by atoms with van der Waals surface area (Å²) in [6.45, 7) is 7.01. The molecule has 14 aromatic carbocycles. The van der Waals surface area contributed by atoms with Crippen LogP contribution in [0.25, 0.3) is 103 Å². The first-order valence-corrected chi connectivity index (χ1v) is 28.1. The van der Waals surface area contributed by atoms with E-state index in [9.17, 15) is 0 Å². The number of anilines is 6. The molecule has 15 aromatic rings. The van der Waals surface area contributed by atoms with Gasteiger partial charge in [0.2, 0.25) is 0 Å². The summed E-state index contributed by atoms with van der Waals surface area (Å²) in [5.41, 5.74) is 17.9. The Hall–Kier alpha value is -9.90. The first-order valence-electron chi connectivity index (χ1n) is 28.1. The fraction of sp³-hybridized carbons (Fsp3) is 0.0526. The Balaban J connectivity index is 1.000. The lowest BCUT2D eigenvalue weighted by molar-refractivity contribution is 0.590. The largest absolute Gasteiger partial charge is 0.311 e. The number of hydrogen-bond donors (Lipinski definition) is 0. The summed E-state index contributed by atoms with van der Waals surface area (Å²) in [5, 5.41) is 17.7. The lowest BCUT2D eigenvalue weighted by Crippen LogP contribution is -2.61. The van der Waals surface area contributed by atoms with E-state index in [1.54, 1.807) is 0 Å². The van der Waals surface area contributed by atoms with E-state index >= 15 is 0 Å². The second-order valence-corrected chi connectivity index (χ2v) is 23.2. The van der Waals surface area contributed by atoms with Gasteiger partial charge >= 0.3 is 0 Å². The zero-order valence-electron chi connectivity index (χ0n) is 44.7. The summed E-state index contributed by atoms with van der Waals surface area (Å²) >= 11 is 0. The predicted octanol–water partition coefficient (Wildman–Crippen LogP) is 18.8. The minimum Gasteiger partial charge on any atom is -0.311 e. The Morgan fingerprint density at radius 3 is 1.18 bits per heavy atom. The SMILES string of the molecule is CC(C)(C)c1cc2c3c(c1)N(c1ccc4c5ccccc5c5ccccc5c4c1)c1cc(-n4c5ccccc5c5ccccc54)ccc1B3c1cc(-c3ccccc3)ccc1N2c1ccc2c3ccccc3c3ccccc3c2c1. The van der Waals surface area contributed by atoms with Crippen LogP contribution in [0.3, 0.4) is 0 Å². The fourth-order valence-electron chi connectivity index (χ4n) is 14.2. The smallest absolute Gasteiger partial charge is 0.252 e. The van der Waals surface area contributed by atoms with Gasteiger partial charge in [0, 0.05) is 50.6 Å². The van der Waals surface area contributed by atoms with E-state index in [4.69, 9.17) is 0 Å². The van der Waals surface area contributed by atoms with Gasteiger partial charge in [-0.1, -0.05) is 215 Å². The van der Waals surface area contributed by atoms with Gasteiger partial charge in [0.15, 0.2) is 0 Å². The summed E-state index contributed by atoms with van der Waals surface area (Å²) in [5.74, 6) is 0. The molecule has 0 aliphatic carbocycles. The molecule has 17 rings (SSSR count). The number of nitrogens with zero attached hydrogens (tertiary/aromatic N) is 3. The van der Waals surface area contributed by atoms with Gasteiger partial charge < -0.3 is 14.4 Å². The first-order chi connectivity index (χ1) is 39.3. The van der Waals surface area contributed by atoms with Gasteiger partial charge in [-0.3, -0.25) is 0 Å². The number of hydrogen-bond acceptors (Lipinski definition) is 2. The van der Waals surface area contributed by atoms with E-state index in [0.717, 1.165) is 17.1 Å². The van der Waals surface area contributed by atoms with Crippen LogP contribution in [0.4, 0.5) is 34.1 Å². The summed E-state index contributed by atoms with van der Waals surface area (Å²) in [6, 6.07) is 98.6. The molecular formula is C76H52BN3. The van der Waals surface area contributed by atoms with Crippen molar-refractivity contribution in [1.29, 1.82) is 0 Å². The molecule has 2 aliphatic rings. The highest BCUT2D eigenvalue weighted by molar-refractivity contribution is 7.00.